The monoisotopic (exact) mass is 330 g/mol. The molecule has 124 valence electrons. The molecule has 0 unspecified atom stereocenters. The lowest BCUT2D eigenvalue weighted by atomic mass is 10.1. The summed E-state index contributed by atoms with van der Waals surface area (Å²) < 4.78 is 0. The van der Waals surface area contributed by atoms with Gasteiger partial charge in [0.25, 0.3) is 0 Å². The molecule has 0 aliphatic heterocycles. The van der Waals surface area contributed by atoms with E-state index < -0.39 is 0 Å². The molecule has 0 amide bonds. The molecule has 23 heavy (non-hydrogen) atoms. The maximum Gasteiger partial charge on any atom is 0.191 e. The molecule has 1 aromatic carbocycles. The molecule has 0 aliphatic rings. The lowest BCUT2D eigenvalue weighted by Gasteiger charge is -2.12. The Morgan fingerprint density at radius 2 is 1.78 bits per heavy atom. The normalized spacial score (nSPS) is 11.7. The molecular weight excluding hydrogens is 304 g/mol. The first kappa shape index (κ1) is 17.5. The second-order valence-corrected chi connectivity index (χ2v) is 6.51. The summed E-state index contributed by atoms with van der Waals surface area (Å²) in [6.45, 7) is 5.39. The molecule has 0 saturated heterocycles. The highest BCUT2D eigenvalue weighted by Gasteiger charge is 2.00. The van der Waals surface area contributed by atoms with E-state index in [4.69, 9.17) is 0 Å². The second-order valence-electron chi connectivity index (χ2n) is 5.73. The Labute approximate surface area is 143 Å². The molecule has 0 bridgehead atoms. The lowest BCUT2D eigenvalue weighted by Crippen LogP contribution is -2.36. The summed E-state index contributed by atoms with van der Waals surface area (Å²) in [5, 5.41) is 10.9. The molecule has 0 spiro atoms. The predicted octanol–water partition coefficient (Wildman–Crippen LogP) is 3.07. The summed E-state index contributed by atoms with van der Waals surface area (Å²) in [6, 6.07) is 10.8. The van der Waals surface area contributed by atoms with Crippen LogP contribution in [0.4, 0.5) is 0 Å². The summed E-state index contributed by atoms with van der Waals surface area (Å²) >= 11 is 1.71. The summed E-state index contributed by atoms with van der Waals surface area (Å²) in [6.07, 6.45) is 0. The largest absolute Gasteiger partial charge is 0.357 e. The molecule has 0 atom stereocenters. The molecule has 0 fully saturated rings. The summed E-state index contributed by atoms with van der Waals surface area (Å²) in [4.78, 5) is 6.80. The van der Waals surface area contributed by atoms with Crippen molar-refractivity contribution in [2.24, 2.45) is 4.99 Å². The van der Waals surface area contributed by atoms with Gasteiger partial charge in [-0.05, 0) is 54.5 Å². The van der Waals surface area contributed by atoms with Crippen molar-refractivity contribution in [2.75, 3.05) is 20.6 Å². The number of hydrogen-bond acceptors (Lipinski definition) is 3. The van der Waals surface area contributed by atoms with Crippen molar-refractivity contribution in [3.05, 3.63) is 57.8 Å². The van der Waals surface area contributed by atoms with E-state index in [9.17, 15) is 0 Å². The predicted molar refractivity (Wildman–Crippen MR) is 99.8 cm³/mol. The highest BCUT2D eigenvalue weighted by Crippen LogP contribution is 2.07. The minimum absolute atomic E-state index is 0.709. The van der Waals surface area contributed by atoms with Crippen LogP contribution < -0.4 is 10.6 Å². The van der Waals surface area contributed by atoms with E-state index in [0.717, 1.165) is 25.6 Å². The van der Waals surface area contributed by atoms with Crippen LogP contribution in [0.2, 0.25) is 0 Å². The highest BCUT2D eigenvalue weighted by atomic mass is 32.1. The van der Waals surface area contributed by atoms with Gasteiger partial charge in [0.05, 0.1) is 6.54 Å². The number of nitrogens with zero attached hydrogens (tertiary/aromatic N) is 2. The standard InChI is InChI=1S/C18H26N4S/c1-4-19-18(21-12-17-9-10-23-14-17)20-11-15-5-7-16(8-6-15)13-22(2)3/h5-10,14H,4,11-13H2,1-3H3,(H2,19,20,21). The van der Waals surface area contributed by atoms with Crippen molar-refractivity contribution in [1.29, 1.82) is 0 Å². The van der Waals surface area contributed by atoms with E-state index in [1.807, 2.05) is 0 Å². The lowest BCUT2D eigenvalue weighted by molar-refractivity contribution is 0.402. The van der Waals surface area contributed by atoms with Gasteiger partial charge in [-0.25, -0.2) is 4.99 Å². The van der Waals surface area contributed by atoms with Crippen LogP contribution in [0.5, 0.6) is 0 Å². The Kier molecular flexibility index (Phi) is 7.10. The summed E-state index contributed by atoms with van der Waals surface area (Å²) in [5.41, 5.74) is 3.84. The quantitative estimate of drug-likeness (QED) is 0.605. The number of aliphatic imine (C=N–C) groups is 1. The molecule has 2 aromatic rings. The minimum Gasteiger partial charge on any atom is -0.357 e. The fourth-order valence-electron chi connectivity index (χ4n) is 2.21. The minimum atomic E-state index is 0.709. The van der Waals surface area contributed by atoms with Gasteiger partial charge in [-0.2, -0.15) is 11.3 Å². The summed E-state index contributed by atoms with van der Waals surface area (Å²) in [5.74, 6) is 0.857. The first-order valence-electron chi connectivity index (χ1n) is 7.93. The summed E-state index contributed by atoms with van der Waals surface area (Å²) in [7, 11) is 4.17. The molecule has 2 rings (SSSR count). The van der Waals surface area contributed by atoms with Gasteiger partial charge in [0.2, 0.25) is 0 Å². The first-order chi connectivity index (χ1) is 11.2. The molecule has 0 radical (unpaired) electrons. The SMILES string of the molecule is CCNC(=NCc1ccsc1)NCc1ccc(CN(C)C)cc1. The topological polar surface area (TPSA) is 39.7 Å². The number of benzene rings is 1. The van der Waals surface area contributed by atoms with Gasteiger partial charge in [0.15, 0.2) is 5.96 Å². The fraction of sp³-hybridized carbons (Fsp3) is 0.389. The Hall–Kier alpha value is -1.85. The Morgan fingerprint density at radius 1 is 1.04 bits per heavy atom. The molecule has 1 heterocycles. The van der Waals surface area contributed by atoms with Crippen LogP contribution in [0.15, 0.2) is 46.1 Å². The molecule has 1 aromatic heterocycles. The molecule has 0 saturated carbocycles. The van der Waals surface area contributed by atoms with Crippen molar-refractivity contribution in [2.45, 2.75) is 26.6 Å². The third kappa shape index (κ3) is 6.42. The number of rotatable bonds is 7. The van der Waals surface area contributed by atoms with Crippen LogP contribution in [0, 0.1) is 0 Å². The third-order valence-electron chi connectivity index (χ3n) is 3.33. The van der Waals surface area contributed by atoms with Crippen molar-refractivity contribution >= 4 is 17.3 Å². The Bertz CT molecular complexity index is 588. The van der Waals surface area contributed by atoms with Gasteiger partial charge < -0.3 is 15.5 Å². The van der Waals surface area contributed by atoms with Gasteiger partial charge in [-0.1, -0.05) is 24.3 Å². The Balaban J connectivity index is 1.89. The van der Waals surface area contributed by atoms with Gasteiger partial charge >= 0.3 is 0 Å². The molecule has 5 heteroatoms. The third-order valence-corrected chi connectivity index (χ3v) is 4.06. The number of nitrogens with one attached hydrogen (secondary N) is 2. The highest BCUT2D eigenvalue weighted by molar-refractivity contribution is 7.07. The zero-order valence-electron chi connectivity index (χ0n) is 14.2. The van der Waals surface area contributed by atoms with Crippen molar-refractivity contribution in [1.82, 2.24) is 15.5 Å². The van der Waals surface area contributed by atoms with Crippen LogP contribution in [0.1, 0.15) is 23.6 Å². The average Bonchev–Trinajstić information content (AvgIpc) is 3.04. The Morgan fingerprint density at radius 3 is 2.39 bits per heavy atom. The maximum atomic E-state index is 4.62. The second kappa shape index (κ2) is 9.33. The van der Waals surface area contributed by atoms with Crippen LogP contribution in [-0.4, -0.2) is 31.5 Å². The van der Waals surface area contributed by atoms with Gasteiger partial charge in [0.1, 0.15) is 0 Å². The number of thiophene rings is 1. The van der Waals surface area contributed by atoms with E-state index in [0.29, 0.717) is 6.54 Å². The fourth-order valence-corrected chi connectivity index (χ4v) is 2.87. The van der Waals surface area contributed by atoms with Crippen LogP contribution in [0.3, 0.4) is 0 Å². The van der Waals surface area contributed by atoms with Gasteiger partial charge in [-0.3, -0.25) is 0 Å². The average molecular weight is 331 g/mol. The van der Waals surface area contributed by atoms with E-state index in [-0.39, 0.29) is 0 Å². The van der Waals surface area contributed by atoms with Crippen LogP contribution >= 0.6 is 11.3 Å². The van der Waals surface area contributed by atoms with Crippen molar-refractivity contribution < 1.29 is 0 Å². The molecule has 4 nitrogen and oxygen atoms in total. The molecule has 2 N–H and O–H groups in total. The van der Waals surface area contributed by atoms with Crippen LogP contribution in [-0.2, 0) is 19.6 Å². The molecule has 0 aliphatic carbocycles. The van der Waals surface area contributed by atoms with E-state index in [1.165, 1.54) is 16.7 Å². The molecular formula is C18H26N4S. The maximum absolute atomic E-state index is 4.62. The zero-order chi connectivity index (χ0) is 16.5. The smallest absolute Gasteiger partial charge is 0.191 e. The van der Waals surface area contributed by atoms with E-state index >= 15 is 0 Å². The van der Waals surface area contributed by atoms with Crippen molar-refractivity contribution in [3.63, 3.8) is 0 Å². The number of guanidine groups is 1. The van der Waals surface area contributed by atoms with E-state index in [1.54, 1.807) is 11.3 Å². The van der Waals surface area contributed by atoms with Gasteiger partial charge in [-0.15, -0.1) is 0 Å². The van der Waals surface area contributed by atoms with Crippen LogP contribution in [0.25, 0.3) is 0 Å². The van der Waals surface area contributed by atoms with Crippen molar-refractivity contribution in [3.8, 4) is 0 Å². The van der Waals surface area contributed by atoms with E-state index in [2.05, 4.69) is 82.6 Å². The zero-order valence-corrected chi connectivity index (χ0v) is 15.0. The number of hydrogen-bond donors (Lipinski definition) is 2. The van der Waals surface area contributed by atoms with Gasteiger partial charge in [0, 0.05) is 19.6 Å². The first-order valence-corrected chi connectivity index (χ1v) is 8.87.